The number of ether oxygens (including phenoxy) is 2. The molecule has 0 bridgehead atoms. The molecule has 0 saturated carbocycles. The van der Waals surface area contributed by atoms with Crippen LogP contribution in [0.25, 0.3) is 0 Å². The van der Waals surface area contributed by atoms with Gasteiger partial charge in [0, 0.05) is 12.8 Å². The Kier molecular flexibility index (Phi) is 37.0. The van der Waals surface area contributed by atoms with Crippen LogP contribution in [0.15, 0.2) is 24.3 Å². The molecule has 0 spiro atoms. The van der Waals surface area contributed by atoms with E-state index in [-0.39, 0.29) is 26.1 Å². The number of unbranched alkanes of at least 4 members (excludes halogenated alkanes) is 23. The second-order valence-corrected chi connectivity index (χ2v) is 17.8. The number of hydrogen-bond acceptors (Lipinski definition) is 8. The van der Waals surface area contributed by atoms with E-state index in [1.807, 2.05) is 21.1 Å². The minimum Gasteiger partial charge on any atom is -0.756 e. The molecular weight excluding hydrogens is 713 g/mol. The van der Waals surface area contributed by atoms with Crippen molar-refractivity contribution in [2.24, 2.45) is 0 Å². The minimum atomic E-state index is -4.62. The summed E-state index contributed by atoms with van der Waals surface area (Å²) in [7, 11) is 1.16. The van der Waals surface area contributed by atoms with Crippen LogP contribution < -0.4 is 4.89 Å². The van der Waals surface area contributed by atoms with E-state index in [1.165, 1.54) is 103 Å². The van der Waals surface area contributed by atoms with Crippen molar-refractivity contribution in [1.29, 1.82) is 0 Å². The van der Waals surface area contributed by atoms with Crippen LogP contribution in [0.2, 0.25) is 0 Å². The Morgan fingerprint density at radius 3 is 1.42 bits per heavy atom. The lowest BCUT2D eigenvalue weighted by molar-refractivity contribution is -0.870. The first-order chi connectivity index (χ1) is 26.5. The second kappa shape index (κ2) is 38.0. The zero-order valence-corrected chi connectivity index (χ0v) is 37.3. The first-order valence-electron chi connectivity index (χ1n) is 22.5. The summed E-state index contributed by atoms with van der Waals surface area (Å²) in [5.41, 5.74) is 0. The molecule has 0 heterocycles. The molecule has 2 unspecified atom stereocenters. The summed E-state index contributed by atoms with van der Waals surface area (Å²) < 4.78 is 33.8. The predicted octanol–water partition coefficient (Wildman–Crippen LogP) is 12.1. The summed E-state index contributed by atoms with van der Waals surface area (Å²) in [6, 6.07) is 0. The summed E-state index contributed by atoms with van der Waals surface area (Å²) in [4.78, 5) is 37.4. The van der Waals surface area contributed by atoms with Crippen molar-refractivity contribution in [2.45, 2.75) is 206 Å². The van der Waals surface area contributed by atoms with Crippen LogP contribution in [-0.2, 0) is 32.7 Å². The highest BCUT2D eigenvalue weighted by molar-refractivity contribution is 7.45. The van der Waals surface area contributed by atoms with E-state index in [4.69, 9.17) is 18.5 Å². The Morgan fingerprint density at radius 1 is 0.545 bits per heavy atom. The molecule has 0 aromatic heterocycles. The number of hydrogen-bond donors (Lipinski definition) is 0. The van der Waals surface area contributed by atoms with Gasteiger partial charge in [0.15, 0.2) is 6.10 Å². The lowest BCUT2D eigenvalue weighted by atomic mass is 10.1. The van der Waals surface area contributed by atoms with Gasteiger partial charge in [-0.2, -0.15) is 0 Å². The van der Waals surface area contributed by atoms with Crippen LogP contribution in [0.1, 0.15) is 200 Å². The van der Waals surface area contributed by atoms with E-state index in [0.717, 1.165) is 64.2 Å². The molecule has 0 fully saturated rings. The van der Waals surface area contributed by atoms with Crippen molar-refractivity contribution in [2.75, 3.05) is 47.5 Å². The zero-order chi connectivity index (χ0) is 40.7. The molecule has 0 aromatic carbocycles. The molecule has 0 N–H and O–H groups in total. The third-order valence-electron chi connectivity index (χ3n) is 9.67. The van der Waals surface area contributed by atoms with Crippen LogP contribution >= 0.6 is 7.82 Å². The van der Waals surface area contributed by atoms with Crippen molar-refractivity contribution in [1.82, 2.24) is 0 Å². The molecule has 55 heavy (non-hydrogen) atoms. The van der Waals surface area contributed by atoms with Crippen LogP contribution in [-0.4, -0.2) is 70.0 Å². The van der Waals surface area contributed by atoms with E-state index < -0.39 is 32.5 Å². The van der Waals surface area contributed by atoms with Gasteiger partial charge in [0.2, 0.25) is 0 Å². The molecule has 2 atom stereocenters. The average Bonchev–Trinajstić information content (AvgIpc) is 3.13. The molecule has 324 valence electrons. The van der Waals surface area contributed by atoms with Crippen LogP contribution in [0, 0.1) is 0 Å². The summed E-state index contributed by atoms with van der Waals surface area (Å²) in [5, 5.41) is 0. The number of quaternary nitrogens is 1. The molecule has 0 saturated heterocycles. The first kappa shape index (κ1) is 53.5. The number of nitrogens with zero attached hydrogens (tertiary/aromatic N) is 1. The predicted molar refractivity (Wildman–Crippen MR) is 227 cm³/mol. The number of likely N-dealkylation sites (N-methyl/N-ethyl adjacent to an activating group) is 1. The number of rotatable bonds is 41. The minimum absolute atomic E-state index is 0.0314. The Hall–Kier alpha value is -1.51. The standard InChI is InChI=1S/C45H86NO8P/c1-6-8-10-12-14-16-18-19-20-21-22-23-24-25-26-27-28-30-32-34-36-38-45(48)54-43(42-53-55(49,50)52-40-39-46(3,4)5)41-51-44(47)37-35-33-31-29-17-15-13-11-9-7-2/h11,13,21-22,43H,6-10,12,14-20,23-42H2,1-5H3/b13-11-,22-21-. The van der Waals surface area contributed by atoms with Gasteiger partial charge in [-0.15, -0.1) is 0 Å². The highest BCUT2D eigenvalue weighted by Gasteiger charge is 2.21. The van der Waals surface area contributed by atoms with Gasteiger partial charge in [-0.05, 0) is 57.8 Å². The highest BCUT2D eigenvalue weighted by Crippen LogP contribution is 2.38. The SMILES string of the molecule is CCC/C=C\CCCCCCCC(=O)OCC(COP(=O)([O-])OCC[N+](C)(C)C)OC(=O)CCCCCCCCCCC/C=C\CCCCCCCCCC. The molecule has 0 aliphatic heterocycles. The van der Waals surface area contributed by atoms with Gasteiger partial charge in [0.1, 0.15) is 19.8 Å². The number of phosphoric ester groups is 1. The maximum absolute atomic E-state index is 12.7. The van der Waals surface area contributed by atoms with Crippen molar-refractivity contribution >= 4 is 19.8 Å². The molecule has 0 aliphatic rings. The van der Waals surface area contributed by atoms with Crippen molar-refractivity contribution in [3.05, 3.63) is 24.3 Å². The molecule has 0 amide bonds. The molecule has 0 rings (SSSR count). The smallest absolute Gasteiger partial charge is 0.306 e. The van der Waals surface area contributed by atoms with E-state index >= 15 is 0 Å². The first-order valence-corrected chi connectivity index (χ1v) is 24.0. The van der Waals surface area contributed by atoms with Gasteiger partial charge in [-0.25, -0.2) is 0 Å². The largest absolute Gasteiger partial charge is 0.756 e. The number of carbonyl (C=O) groups excluding carboxylic acids is 2. The number of carbonyl (C=O) groups is 2. The molecule has 0 aliphatic carbocycles. The van der Waals surface area contributed by atoms with Crippen molar-refractivity contribution in [3.8, 4) is 0 Å². The lowest BCUT2D eigenvalue weighted by Gasteiger charge is -2.28. The van der Waals surface area contributed by atoms with E-state index in [0.29, 0.717) is 17.4 Å². The Balaban J connectivity index is 4.25. The Morgan fingerprint density at radius 2 is 0.964 bits per heavy atom. The van der Waals surface area contributed by atoms with Crippen LogP contribution in [0.5, 0.6) is 0 Å². The van der Waals surface area contributed by atoms with Crippen LogP contribution in [0.4, 0.5) is 0 Å². The summed E-state index contributed by atoms with van der Waals surface area (Å²) in [6.07, 6.45) is 40.7. The maximum Gasteiger partial charge on any atom is 0.306 e. The molecule has 0 aromatic rings. The molecular formula is C45H86NO8P. The van der Waals surface area contributed by atoms with E-state index in [2.05, 4.69) is 38.2 Å². The average molecular weight is 800 g/mol. The quantitative estimate of drug-likeness (QED) is 0.0198. The van der Waals surface area contributed by atoms with Gasteiger partial charge in [0.25, 0.3) is 7.82 Å². The summed E-state index contributed by atoms with van der Waals surface area (Å²) in [5.74, 6) is -0.845. The third kappa shape index (κ3) is 41.9. The topological polar surface area (TPSA) is 111 Å². The Bertz CT molecular complexity index is 996. The normalized spacial score (nSPS) is 13.8. The Labute approximate surface area is 339 Å². The third-order valence-corrected chi connectivity index (χ3v) is 10.6. The summed E-state index contributed by atoms with van der Waals surface area (Å²) in [6.45, 7) is 4.16. The van der Waals surface area contributed by atoms with Gasteiger partial charge in [-0.1, -0.05) is 154 Å². The highest BCUT2D eigenvalue weighted by atomic mass is 31.2. The number of allylic oxidation sites excluding steroid dienone is 4. The second-order valence-electron chi connectivity index (χ2n) is 16.4. The van der Waals surface area contributed by atoms with Crippen LogP contribution in [0.3, 0.4) is 0 Å². The van der Waals surface area contributed by atoms with Crippen molar-refractivity contribution < 1.29 is 42.1 Å². The fourth-order valence-electron chi connectivity index (χ4n) is 6.12. The number of phosphoric acid groups is 1. The van der Waals surface area contributed by atoms with E-state index in [9.17, 15) is 19.0 Å². The number of esters is 2. The van der Waals surface area contributed by atoms with Gasteiger partial charge >= 0.3 is 11.9 Å². The fraction of sp³-hybridized carbons (Fsp3) is 0.867. The molecule has 10 heteroatoms. The maximum atomic E-state index is 12.7. The zero-order valence-electron chi connectivity index (χ0n) is 36.4. The van der Waals surface area contributed by atoms with Gasteiger partial charge < -0.3 is 27.9 Å². The molecule has 9 nitrogen and oxygen atoms in total. The molecule has 0 radical (unpaired) electrons. The summed E-state index contributed by atoms with van der Waals surface area (Å²) >= 11 is 0. The van der Waals surface area contributed by atoms with Gasteiger partial charge in [0.05, 0.1) is 27.7 Å². The fourth-order valence-corrected chi connectivity index (χ4v) is 6.85. The van der Waals surface area contributed by atoms with Gasteiger partial charge in [-0.3, -0.25) is 14.2 Å². The monoisotopic (exact) mass is 800 g/mol. The lowest BCUT2D eigenvalue weighted by Crippen LogP contribution is -2.37. The van der Waals surface area contributed by atoms with E-state index in [1.54, 1.807) is 0 Å². The van der Waals surface area contributed by atoms with Crippen molar-refractivity contribution in [3.63, 3.8) is 0 Å².